The fraction of sp³-hybridized carbons (Fsp3) is 0.455. The van der Waals surface area contributed by atoms with Gasteiger partial charge in [0.15, 0.2) is 0 Å². The lowest BCUT2D eigenvalue weighted by atomic mass is 10.2. The SMILES string of the molecule is C[S@+]([O-])CCCOCc1ccccc1. The monoisotopic (exact) mass is 212 g/mol. The molecular weight excluding hydrogens is 196 g/mol. The molecule has 0 aliphatic rings. The Morgan fingerprint density at radius 2 is 2.00 bits per heavy atom. The lowest BCUT2D eigenvalue weighted by Gasteiger charge is -2.05. The zero-order valence-corrected chi connectivity index (χ0v) is 9.26. The molecule has 0 aliphatic carbocycles. The largest absolute Gasteiger partial charge is 0.617 e. The molecule has 0 saturated carbocycles. The van der Waals surface area contributed by atoms with Crippen molar-refractivity contribution in [3.63, 3.8) is 0 Å². The first-order valence-electron chi connectivity index (χ1n) is 4.71. The molecule has 1 aromatic carbocycles. The minimum absolute atomic E-state index is 0.650. The van der Waals surface area contributed by atoms with E-state index in [1.165, 1.54) is 5.56 Å². The molecule has 3 heteroatoms. The molecule has 1 rings (SSSR count). The van der Waals surface area contributed by atoms with Gasteiger partial charge in [0.2, 0.25) is 0 Å². The highest BCUT2D eigenvalue weighted by atomic mass is 32.2. The Morgan fingerprint density at radius 3 is 2.64 bits per heavy atom. The Hall–Kier alpha value is -0.510. The number of hydrogen-bond donors (Lipinski definition) is 0. The Bertz CT molecular complexity index is 236. The minimum atomic E-state index is -0.694. The predicted molar refractivity (Wildman–Crippen MR) is 59.6 cm³/mol. The molecule has 0 unspecified atom stereocenters. The van der Waals surface area contributed by atoms with Gasteiger partial charge in [-0.3, -0.25) is 0 Å². The van der Waals surface area contributed by atoms with Gasteiger partial charge in [0.05, 0.1) is 19.5 Å². The summed E-state index contributed by atoms with van der Waals surface area (Å²) in [6.45, 7) is 1.34. The van der Waals surface area contributed by atoms with E-state index in [9.17, 15) is 4.55 Å². The van der Waals surface area contributed by atoms with Crippen LogP contribution in [0.4, 0.5) is 0 Å². The summed E-state index contributed by atoms with van der Waals surface area (Å²) in [5.74, 6) is 0.731. The van der Waals surface area contributed by atoms with Crippen LogP contribution in [0.3, 0.4) is 0 Å². The summed E-state index contributed by atoms with van der Waals surface area (Å²) in [5, 5.41) is 0. The molecule has 2 nitrogen and oxygen atoms in total. The van der Waals surface area contributed by atoms with E-state index in [1.54, 1.807) is 6.26 Å². The second kappa shape index (κ2) is 6.87. The molecule has 0 aliphatic heterocycles. The van der Waals surface area contributed by atoms with Crippen molar-refractivity contribution in [3.05, 3.63) is 35.9 Å². The van der Waals surface area contributed by atoms with Crippen molar-refractivity contribution in [1.82, 2.24) is 0 Å². The van der Waals surface area contributed by atoms with Gasteiger partial charge in [-0.15, -0.1) is 0 Å². The molecule has 0 heterocycles. The first kappa shape index (κ1) is 11.6. The highest BCUT2D eigenvalue weighted by Gasteiger charge is 1.97. The average molecular weight is 212 g/mol. The zero-order chi connectivity index (χ0) is 10.2. The Morgan fingerprint density at radius 1 is 1.29 bits per heavy atom. The Balaban J connectivity index is 2.05. The van der Waals surface area contributed by atoms with Crippen LogP contribution < -0.4 is 0 Å². The van der Waals surface area contributed by atoms with Crippen molar-refractivity contribution in [2.75, 3.05) is 18.6 Å². The van der Waals surface area contributed by atoms with Crippen molar-refractivity contribution in [2.24, 2.45) is 0 Å². The van der Waals surface area contributed by atoms with E-state index in [0.29, 0.717) is 13.2 Å². The average Bonchev–Trinajstić information content (AvgIpc) is 2.18. The molecule has 78 valence electrons. The van der Waals surface area contributed by atoms with Gasteiger partial charge in [0, 0.05) is 6.42 Å². The number of benzene rings is 1. The van der Waals surface area contributed by atoms with Crippen molar-refractivity contribution in [2.45, 2.75) is 13.0 Å². The summed E-state index contributed by atoms with van der Waals surface area (Å²) < 4.78 is 16.2. The summed E-state index contributed by atoms with van der Waals surface area (Å²) in [4.78, 5) is 0. The Kier molecular flexibility index (Phi) is 5.68. The molecule has 0 spiro atoms. The van der Waals surface area contributed by atoms with Gasteiger partial charge >= 0.3 is 0 Å². The molecule has 0 aromatic heterocycles. The second-order valence-electron chi connectivity index (χ2n) is 3.17. The van der Waals surface area contributed by atoms with Gasteiger partial charge in [-0.1, -0.05) is 41.5 Å². The van der Waals surface area contributed by atoms with Gasteiger partial charge in [-0.25, -0.2) is 0 Å². The number of hydrogen-bond acceptors (Lipinski definition) is 2. The van der Waals surface area contributed by atoms with Crippen molar-refractivity contribution < 1.29 is 9.29 Å². The molecule has 1 atom stereocenters. The normalized spacial score (nSPS) is 12.7. The summed E-state index contributed by atoms with van der Waals surface area (Å²) >= 11 is -0.694. The van der Waals surface area contributed by atoms with Gasteiger partial charge in [-0.05, 0) is 5.56 Å². The maximum Gasteiger partial charge on any atom is 0.107 e. The maximum atomic E-state index is 10.7. The molecule has 0 radical (unpaired) electrons. The molecule has 0 bridgehead atoms. The third kappa shape index (κ3) is 5.27. The van der Waals surface area contributed by atoms with Crippen LogP contribution >= 0.6 is 0 Å². The molecule has 0 fully saturated rings. The van der Waals surface area contributed by atoms with E-state index >= 15 is 0 Å². The molecular formula is C11H16O2S. The summed E-state index contributed by atoms with van der Waals surface area (Å²) in [6.07, 6.45) is 2.59. The molecule has 1 aromatic rings. The lowest BCUT2D eigenvalue weighted by molar-refractivity contribution is 0.122. The van der Waals surface area contributed by atoms with Crippen molar-refractivity contribution in [1.29, 1.82) is 0 Å². The van der Waals surface area contributed by atoms with Crippen LogP contribution in [0.5, 0.6) is 0 Å². The van der Waals surface area contributed by atoms with Gasteiger partial charge in [-0.2, -0.15) is 0 Å². The lowest BCUT2D eigenvalue weighted by Crippen LogP contribution is -2.06. The van der Waals surface area contributed by atoms with E-state index < -0.39 is 11.2 Å². The Labute approximate surface area is 88.5 Å². The van der Waals surface area contributed by atoms with E-state index in [2.05, 4.69) is 0 Å². The summed E-state index contributed by atoms with van der Waals surface area (Å²) in [5.41, 5.74) is 1.19. The molecule has 14 heavy (non-hydrogen) atoms. The van der Waals surface area contributed by atoms with Crippen LogP contribution in [0.15, 0.2) is 30.3 Å². The van der Waals surface area contributed by atoms with E-state index in [4.69, 9.17) is 4.74 Å². The molecule has 0 N–H and O–H groups in total. The van der Waals surface area contributed by atoms with Gasteiger partial charge in [0.1, 0.15) is 5.75 Å². The van der Waals surface area contributed by atoms with Crippen LogP contribution in [-0.4, -0.2) is 23.2 Å². The molecule has 0 amide bonds. The van der Waals surface area contributed by atoms with Crippen LogP contribution in [-0.2, 0) is 22.5 Å². The smallest absolute Gasteiger partial charge is 0.107 e. The first-order chi connectivity index (χ1) is 6.79. The fourth-order valence-electron chi connectivity index (χ4n) is 1.13. The van der Waals surface area contributed by atoms with Crippen LogP contribution in [0.25, 0.3) is 0 Å². The van der Waals surface area contributed by atoms with Crippen molar-refractivity contribution >= 4 is 11.2 Å². The summed E-state index contributed by atoms with van der Waals surface area (Å²) in [7, 11) is 0. The molecule has 0 saturated heterocycles. The van der Waals surface area contributed by atoms with Gasteiger partial charge in [0.25, 0.3) is 0 Å². The van der Waals surface area contributed by atoms with Crippen LogP contribution in [0.1, 0.15) is 12.0 Å². The third-order valence-corrected chi connectivity index (χ3v) is 2.70. The third-order valence-electron chi connectivity index (χ3n) is 1.83. The summed E-state index contributed by atoms with van der Waals surface area (Å²) in [6, 6.07) is 10.1. The quantitative estimate of drug-likeness (QED) is 0.533. The predicted octanol–water partition coefficient (Wildman–Crippen LogP) is 1.97. The minimum Gasteiger partial charge on any atom is -0.617 e. The number of ether oxygens (including phenoxy) is 1. The number of rotatable bonds is 6. The van der Waals surface area contributed by atoms with Crippen molar-refractivity contribution in [3.8, 4) is 0 Å². The zero-order valence-electron chi connectivity index (χ0n) is 8.44. The fourth-order valence-corrected chi connectivity index (χ4v) is 1.65. The highest BCUT2D eigenvalue weighted by Crippen LogP contribution is 2.01. The van der Waals surface area contributed by atoms with E-state index in [1.807, 2.05) is 30.3 Å². The van der Waals surface area contributed by atoms with Gasteiger partial charge < -0.3 is 9.29 Å². The maximum absolute atomic E-state index is 10.7. The standard InChI is InChI=1S/C11H16O2S/c1-14(12)9-5-8-13-10-11-6-3-2-4-7-11/h2-4,6-7H,5,8-10H2,1H3/t14-/m0/s1. The van der Waals surface area contributed by atoms with Crippen LogP contribution in [0, 0.1) is 0 Å². The van der Waals surface area contributed by atoms with Crippen LogP contribution in [0.2, 0.25) is 0 Å². The van der Waals surface area contributed by atoms with E-state index in [-0.39, 0.29) is 0 Å². The first-order valence-corrected chi connectivity index (χ1v) is 6.43. The topological polar surface area (TPSA) is 32.3 Å². The highest BCUT2D eigenvalue weighted by molar-refractivity contribution is 7.90. The van der Waals surface area contributed by atoms with E-state index in [0.717, 1.165) is 12.2 Å². The second-order valence-corrected chi connectivity index (χ2v) is 4.72.